The number of hydrogen-bond acceptors (Lipinski definition) is 4. The molecule has 0 saturated carbocycles. The summed E-state index contributed by atoms with van der Waals surface area (Å²) in [4.78, 5) is 2.23. The molecule has 0 radical (unpaired) electrons. The molecule has 2 atom stereocenters. The molecule has 1 heterocycles. The first-order valence-electron chi connectivity index (χ1n) is 5.19. The van der Waals surface area contributed by atoms with E-state index < -0.39 is 0 Å². The Morgan fingerprint density at radius 3 is 2.86 bits per heavy atom. The first-order valence-corrected chi connectivity index (χ1v) is 6.34. The highest BCUT2D eigenvalue weighted by molar-refractivity contribution is 7.99. The van der Waals surface area contributed by atoms with Crippen molar-refractivity contribution in [2.24, 2.45) is 0 Å². The van der Waals surface area contributed by atoms with Crippen molar-refractivity contribution in [3.63, 3.8) is 0 Å². The van der Waals surface area contributed by atoms with Crippen LogP contribution in [0.4, 0.5) is 0 Å². The molecule has 0 bridgehead atoms. The van der Waals surface area contributed by atoms with Crippen LogP contribution in [-0.4, -0.2) is 60.0 Å². The molecule has 1 aliphatic heterocycles. The summed E-state index contributed by atoms with van der Waals surface area (Å²) in [5, 5.41) is 9.91. The topological polar surface area (TPSA) is 32.7 Å². The average molecular weight is 219 g/mol. The number of aliphatic hydroxyl groups excluding tert-OH is 1. The summed E-state index contributed by atoms with van der Waals surface area (Å²) in [6.07, 6.45) is -0.151. The molecule has 4 heteroatoms. The normalized spacial score (nSPS) is 26.8. The lowest BCUT2D eigenvalue weighted by Gasteiger charge is -2.35. The average Bonchev–Trinajstić information content (AvgIpc) is 2.15. The molecule has 1 fully saturated rings. The van der Waals surface area contributed by atoms with E-state index in [0.717, 1.165) is 12.3 Å². The van der Waals surface area contributed by atoms with Gasteiger partial charge in [0.15, 0.2) is 0 Å². The highest BCUT2D eigenvalue weighted by atomic mass is 32.2. The van der Waals surface area contributed by atoms with Gasteiger partial charge in [-0.25, -0.2) is 0 Å². The zero-order valence-corrected chi connectivity index (χ0v) is 10.1. The maximum atomic E-state index is 9.91. The molecule has 0 aromatic rings. The van der Waals surface area contributed by atoms with Gasteiger partial charge in [0.1, 0.15) is 0 Å². The Hall–Kier alpha value is 0.230. The second kappa shape index (κ2) is 5.95. The molecule has 1 aliphatic rings. The largest absolute Gasteiger partial charge is 0.389 e. The Labute approximate surface area is 90.8 Å². The molecule has 0 aromatic heterocycles. The molecule has 14 heavy (non-hydrogen) atoms. The van der Waals surface area contributed by atoms with E-state index in [1.54, 1.807) is 0 Å². The van der Waals surface area contributed by atoms with E-state index in [-0.39, 0.29) is 18.2 Å². The van der Waals surface area contributed by atoms with E-state index in [1.165, 1.54) is 5.75 Å². The minimum atomic E-state index is -0.352. The highest BCUT2D eigenvalue weighted by Crippen LogP contribution is 2.17. The molecular formula is C10H21NO2S. The van der Waals surface area contributed by atoms with E-state index in [2.05, 4.69) is 11.9 Å². The van der Waals surface area contributed by atoms with Gasteiger partial charge in [0.05, 0.1) is 18.8 Å². The van der Waals surface area contributed by atoms with Crippen molar-refractivity contribution in [2.75, 3.05) is 31.7 Å². The Bertz CT molecular complexity index is 166. The van der Waals surface area contributed by atoms with Crippen molar-refractivity contribution in [1.29, 1.82) is 0 Å². The summed E-state index contributed by atoms with van der Waals surface area (Å²) in [6, 6.07) is 0.257. The van der Waals surface area contributed by atoms with E-state index in [0.29, 0.717) is 6.61 Å². The fraction of sp³-hybridized carbons (Fsp3) is 1.00. The summed E-state index contributed by atoms with van der Waals surface area (Å²) in [7, 11) is 2.07. The first kappa shape index (κ1) is 12.3. The number of hydrogen-bond donors (Lipinski definition) is 1. The number of ether oxygens (including phenoxy) is 1. The zero-order chi connectivity index (χ0) is 10.6. The van der Waals surface area contributed by atoms with Crippen LogP contribution in [0.3, 0.4) is 0 Å². The molecule has 0 aromatic carbocycles. The molecule has 3 nitrogen and oxygen atoms in total. The van der Waals surface area contributed by atoms with Gasteiger partial charge in [0.25, 0.3) is 0 Å². The van der Waals surface area contributed by atoms with Gasteiger partial charge in [-0.2, -0.15) is 11.8 Å². The van der Waals surface area contributed by atoms with Crippen molar-refractivity contribution in [2.45, 2.75) is 32.1 Å². The second-order valence-corrected chi connectivity index (χ2v) is 5.22. The predicted octanol–water partition coefficient (Wildman–Crippen LogP) is 0.819. The van der Waals surface area contributed by atoms with Crippen molar-refractivity contribution >= 4 is 11.8 Å². The standard InChI is InChI=1S/C10H21NO2S/c1-8(2)13-6-10(12)9-7-14-5-4-11(9)3/h8-10,12H,4-7H2,1-3H3. The SMILES string of the molecule is CC(C)OCC(O)C1CSCCN1C. The summed E-state index contributed by atoms with van der Waals surface area (Å²) < 4.78 is 5.42. The van der Waals surface area contributed by atoms with Gasteiger partial charge in [-0.3, -0.25) is 4.90 Å². The van der Waals surface area contributed by atoms with Gasteiger partial charge in [-0.15, -0.1) is 0 Å². The Morgan fingerprint density at radius 1 is 1.57 bits per heavy atom. The summed E-state index contributed by atoms with van der Waals surface area (Å²) in [6.45, 7) is 5.50. The van der Waals surface area contributed by atoms with Gasteiger partial charge in [0.2, 0.25) is 0 Å². The lowest BCUT2D eigenvalue weighted by Crippen LogP contribution is -2.48. The van der Waals surface area contributed by atoms with Crippen LogP contribution >= 0.6 is 11.8 Å². The van der Waals surface area contributed by atoms with Gasteiger partial charge in [0, 0.05) is 24.1 Å². The second-order valence-electron chi connectivity index (χ2n) is 4.07. The Kier molecular flexibility index (Phi) is 5.23. The Balaban J connectivity index is 2.30. The van der Waals surface area contributed by atoms with E-state index >= 15 is 0 Å². The third-order valence-electron chi connectivity index (χ3n) is 2.49. The number of rotatable bonds is 4. The minimum absolute atomic E-state index is 0.200. The van der Waals surface area contributed by atoms with E-state index in [9.17, 15) is 5.11 Å². The van der Waals surface area contributed by atoms with Gasteiger partial charge >= 0.3 is 0 Å². The van der Waals surface area contributed by atoms with Crippen LogP contribution in [0.5, 0.6) is 0 Å². The van der Waals surface area contributed by atoms with Crippen molar-refractivity contribution < 1.29 is 9.84 Å². The molecule has 0 spiro atoms. The van der Waals surface area contributed by atoms with Crippen LogP contribution in [0.25, 0.3) is 0 Å². The molecule has 0 aliphatic carbocycles. The molecular weight excluding hydrogens is 198 g/mol. The fourth-order valence-corrected chi connectivity index (χ4v) is 2.81. The van der Waals surface area contributed by atoms with Gasteiger partial charge in [-0.05, 0) is 20.9 Å². The van der Waals surface area contributed by atoms with Crippen LogP contribution in [0.1, 0.15) is 13.8 Å². The van der Waals surface area contributed by atoms with E-state index in [1.807, 2.05) is 25.6 Å². The molecule has 1 rings (SSSR count). The molecule has 1 N–H and O–H groups in total. The summed E-state index contributed by atoms with van der Waals surface area (Å²) in [5.41, 5.74) is 0. The van der Waals surface area contributed by atoms with Crippen LogP contribution in [0, 0.1) is 0 Å². The number of aliphatic hydroxyl groups is 1. The third kappa shape index (κ3) is 3.77. The highest BCUT2D eigenvalue weighted by Gasteiger charge is 2.26. The van der Waals surface area contributed by atoms with Crippen molar-refractivity contribution in [1.82, 2.24) is 4.90 Å². The Morgan fingerprint density at radius 2 is 2.29 bits per heavy atom. The van der Waals surface area contributed by atoms with Crippen LogP contribution in [0.15, 0.2) is 0 Å². The number of nitrogens with zero attached hydrogens (tertiary/aromatic N) is 1. The maximum Gasteiger partial charge on any atom is 0.0936 e. The summed E-state index contributed by atoms with van der Waals surface area (Å²) >= 11 is 1.91. The monoisotopic (exact) mass is 219 g/mol. The van der Waals surface area contributed by atoms with Crippen LogP contribution in [-0.2, 0) is 4.74 Å². The molecule has 2 unspecified atom stereocenters. The van der Waals surface area contributed by atoms with Crippen molar-refractivity contribution in [3.05, 3.63) is 0 Å². The quantitative estimate of drug-likeness (QED) is 0.759. The first-order chi connectivity index (χ1) is 6.61. The zero-order valence-electron chi connectivity index (χ0n) is 9.27. The van der Waals surface area contributed by atoms with Gasteiger partial charge < -0.3 is 9.84 Å². The number of thioether (sulfide) groups is 1. The maximum absolute atomic E-state index is 9.91. The number of likely N-dealkylation sites (N-methyl/N-ethyl adjacent to an activating group) is 1. The summed E-state index contributed by atoms with van der Waals surface area (Å²) in [5.74, 6) is 2.18. The van der Waals surface area contributed by atoms with Crippen LogP contribution < -0.4 is 0 Å². The third-order valence-corrected chi connectivity index (χ3v) is 3.54. The predicted molar refractivity (Wildman–Crippen MR) is 60.8 cm³/mol. The van der Waals surface area contributed by atoms with E-state index in [4.69, 9.17) is 4.74 Å². The smallest absolute Gasteiger partial charge is 0.0936 e. The van der Waals surface area contributed by atoms with Gasteiger partial charge in [-0.1, -0.05) is 0 Å². The molecule has 1 saturated heterocycles. The fourth-order valence-electron chi connectivity index (χ4n) is 1.51. The minimum Gasteiger partial charge on any atom is -0.389 e. The molecule has 84 valence electrons. The van der Waals surface area contributed by atoms with Crippen molar-refractivity contribution in [3.8, 4) is 0 Å². The molecule has 0 amide bonds. The van der Waals surface area contributed by atoms with Crippen LogP contribution in [0.2, 0.25) is 0 Å². The lowest BCUT2D eigenvalue weighted by molar-refractivity contribution is -0.0259. The lowest BCUT2D eigenvalue weighted by atomic mass is 10.1.